The van der Waals surface area contributed by atoms with Crippen LogP contribution in [-0.2, 0) is 9.53 Å². The highest BCUT2D eigenvalue weighted by molar-refractivity contribution is 5.92. The van der Waals surface area contributed by atoms with Gasteiger partial charge in [-0.25, -0.2) is 0 Å². The molecule has 1 aromatic rings. The van der Waals surface area contributed by atoms with Crippen molar-refractivity contribution >= 4 is 11.6 Å². The average Bonchev–Trinajstić information content (AvgIpc) is 2.48. The minimum atomic E-state index is 0.0876. The number of rotatable bonds is 4. The predicted octanol–water partition coefficient (Wildman–Crippen LogP) is 2.33. The summed E-state index contributed by atoms with van der Waals surface area (Å²) >= 11 is 0. The summed E-state index contributed by atoms with van der Waals surface area (Å²) in [6.07, 6.45) is 1.64. The van der Waals surface area contributed by atoms with Gasteiger partial charge in [-0.1, -0.05) is 12.1 Å². The lowest BCUT2D eigenvalue weighted by Gasteiger charge is -2.21. The van der Waals surface area contributed by atoms with E-state index < -0.39 is 0 Å². The van der Waals surface area contributed by atoms with Gasteiger partial charge in [-0.2, -0.15) is 0 Å². The molecule has 2 N–H and O–H groups in total. The standard InChI is InChI=1S/C15H22N2O2/c1-11(16-2)12-3-5-14(6-4-12)17-15(18)13-7-9-19-10-8-13/h3-6,11,13,16H,7-10H2,1-2H3,(H,17,18). The van der Waals surface area contributed by atoms with E-state index >= 15 is 0 Å². The Morgan fingerprint density at radius 3 is 2.47 bits per heavy atom. The molecule has 104 valence electrons. The van der Waals surface area contributed by atoms with Gasteiger partial charge in [0.1, 0.15) is 0 Å². The number of carbonyl (C=O) groups is 1. The third-order valence-electron chi connectivity index (χ3n) is 3.70. The number of hydrogen-bond donors (Lipinski definition) is 2. The molecule has 4 nitrogen and oxygen atoms in total. The molecule has 0 radical (unpaired) electrons. The summed E-state index contributed by atoms with van der Waals surface area (Å²) < 4.78 is 5.27. The number of nitrogens with one attached hydrogen (secondary N) is 2. The SMILES string of the molecule is CNC(C)c1ccc(NC(=O)C2CCOCC2)cc1. The van der Waals surface area contributed by atoms with Crippen molar-refractivity contribution in [2.24, 2.45) is 5.92 Å². The Hall–Kier alpha value is -1.39. The quantitative estimate of drug-likeness (QED) is 0.875. The average molecular weight is 262 g/mol. The molecule has 0 bridgehead atoms. The molecule has 1 fully saturated rings. The molecule has 1 amide bonds. The monoisotopic (exact) mass is 262 g/mol. The molecule has 1 aromatic carbocycles. The van der Waals surface area contributed by atoms with Crippen LogP contribution in [0.3, 0.4) is 0 Å². The molecule has 1 atom stereocenters. The molecule has 0 spiro atoms. The molecule has 1 saturated heterocycles. The molecule has 0 aromatic heterocycles. The summed E-state index contributed by atoms with van der Waals surface area (Å²) in [6.45, 7) is 3.49. The van der Waals surface area contributed by atoms with Gasteiger partial charge in [-0.3, -0.25) is 4.79 Å². The molecule has 1 unspecified atom stereocenters. The van der Waals surface area contributed by atoms with Gasteiger partial charge < -0.3 is 15.4 Å². The molecular formula is C15H22N2O2. The van der Waals surface area contributed by atoms with Crippen molar-refractivity contribution < 1.29 is 9.53 Å². The van der Waals surface area contributed by atoms with Gasteiger partial charge in [0.15, 0.2) is 0 Å². The maximum Gasteiger partial charge on any atom is 0.227 e. The van der Waals surface area contributed by atoms with Crippen molar-refractivity contribution in [2.75, 3.05) is 25.6 Å². The van der Waals surface area contributed by atoms with Crippen LogP contribution in [0.1, 0.15) is 31.4 Å². The van der Waals surface area contributed by atoms with Crippen LogP contribution in [0.25, 0.3) is 0 Å². The second-order valence-electron chi connectivity index (χ2n) is 5.01. The van der Waals surface area contributed by atoms with E-state index in [1.54, 1.807) is 0 Å². The van der Waals surface area contributed by atoms with Crippen molar-refractivity contribution in [3.8, 4) is 0 Å². The lowest BCUT2D eigenvalue weighted by Crippen LogP contribution is -2.28. The second-order valence-corrected chi connectivity index (χ2v) is 5.01. The first-order valence-corrected chi connectivity index (χ1v) is 6.86. The summed E-state index contributed by atoms with van der Waals surface area (Å²) in [5.74, 6) is 0.197. The Morgan fingerprint density at radius 2 is 1.89 bits per heavy atom. The topological polar surface area (TPSA) is 50.4 Å². The van der Waals surface area contributed by atoms with Gasteiger partial charge in [0.05, 0.1) is 0 Å². The smallest absolute Gasteiger partial charge is 0.227 e. The van der Waals surface area contributed by atoms with E-state index in [-0.39, 0.29) is 11.8 Å². The lowest BCUT2D eigenvalue weighted by atomic mass is 9.99. The number of hydrogen-bond acceptors (Lipinski definition) is 3. The Balaban J connectivity index is 1.93. The summed E-state index contributed by atoms with van der Waals surface area (Å²) in [5.41, 5.74) is 2.08. The summed E-state index contributed by atoms with van der Waals surface area (Å²) in [5, 5.41) is 6.17. The van der Waals surface area contributed by atoms with E-state index in [1.165, 1.54) is 5.56 Å². The van der Waals surface area contributed by atoms with Crippen molar-refractivity contribution in [3.63, 3.8) is 0 Å². The summed E-state index contributed by atoms with van der Waals surface area (Å²) in [7, 11) is 1.94. The van der Waals surface area contributed by atoms with E-state index in [9.17, 15) is 4.79 Å². The van der Waals surface area contributed by atoms with E-state index in [0.717, 1.165) is 18.5 Å². The Bertz CT molecular complexity index is 411. The zero-order valence-electron chi connectivity index (χ0n) is 11.6. The second kappa shape index (κ2) is 6.68. The van der Waals surface area contributed by atoms with E-state index in [0.29, 0.717) is 19.3 Å². The summed E-state index contributed by atoms with van der Waals surface area (Å²) in [4.78, 5) is 12.1. The third-order valence-corrected chi connectivity index (χ3v) is 3.70. The van der Waals surface area contributed by atoms with Crippen LogP contribution in [0.4, 0.5) is 5.69 Å². The Morgan fingerprint density at radius 1 is 1.26 bits per heavy atom. The zero-order valence-corrected chi connectivity index (χ0v) is 11.6. The normalized spacial score (nSPS) is 18.0. The first kappa shape index (κ1) is 14.0. The molecule has 4 heteroatoms. The molecule has 0 aliphatic carbocycles. The van der Waals surface area contributed by atoms with Gasteiger partial charge in [-0.05, 0) is 44.5 Å². The van der Waals surface area contributed by atoms with Crippen LogP contribution in [0.5, 0.6) is 0 Å². The fourth-order valence-electron chi connectivity index (χ4n) is 2.23. The minimum Gasteiger partial charge on any atom is -0.381 e. The number of amides is 1. The first-order valence-electron chi connectivity index (χ1n) is 6.86. The van der Waals surface area contributed by atoms with Crippen molar-refractivity contribution in [1.82, 2.24) is 5.32 Å². The third kappa shape index (κ3) is 3.78. The number of ether oxygens (including phenoxy) is 1. The van der Waals surface area contributed by atoms with Crippen LogP contribution in [0, 0.1) is 5.92 Å². The van der Waals surface area contributed by atoms with Crippen LogP contribution in [0.15, 0.2) is 24.3 Å². The van der Waals surface area contributed by atoms with Gasteiger partial charge in [0, 0.05) is 30.9 Å². The van der Waals surface area contributed by atoms with Gasteiger partial charge >= 0.3 is 0 Å². The van der Waals surface area contributed by atoms with Gasteiger partial charge in [0.2, 0.25) is 5.91 Å². The van der Waals surface area contributed by atoms with Crippen molar-refractivity contribution in [3.05, 3.63) is 29.8 Å². The first-order chi connectivity index (χ1) is 9.20. The fourth-order valence-corrected chi connectivity index (χ4v) is 2.23. The van der Waals surface area contributed by atoms with E-state index in [4.69, 9.17) is 4.74 Å². The van der Waals surface area contributed by atoms with E-state index in [2.05, 4.69) is 17.6 Å². The van der Waals surface area contributed by atoms with Crippen LogP contribution >= 0.6 is 0 Å². The molecule has 1 aliphatic rings. The fraction of sp³-hybridized carbons (Fsp3) is 0.533. The van der Waals surface area contributed by atoms with Crippen molar-refractivity contribution in [1.29, 1.82) is 0 Å². The maximum absolute atomic E-state index is 12.1. The summed E-state index contributed by atoms with van der Waals surface area (Å²) in [6, 6.07) is 8.32. The number of benzene rings is 1. The van der Waals surface area contributed by atoms with Crippen LogP contribution in [0.2, 0.25) is 0 Å². The zero-order chi connectivity index (χ0) is 13.7. The Kier molecular flexibility index (Phi) is 4.93. The molecule has 19 heavy (non-hydrogen) atoms. The molecule has 2 rings (SSSR count). The molecular weight excluding hydrogens is 240 g/mol. The molecule has 1 heterocycles. The van der Waals surface area contributed by atoms with Crippen molar-refractivity contribution in [2.45, 2.75) is 25.8 Å². The number of anilines is 1. The number of carbonyl (C=O) groups excluding carboxylic acids is 1. The van der Waals surface area contributed by atoms with Crippen LogP contribution in [-0.4, -0.2) is 26.2 Å². The largest absolute Gasteiger partial charge is 0.381 e. The highest BCUT2D eigenvalue weighted by Gasteiger charge is 2.21. The predicted molar refractivity (Wildman–Crippen MR) is 76.1 cm³/mol. The van der Waals surface area contributed by atoms with Gasteiger partial charge in [-0.15, -0.1) is 0 Å². The van der Waals surface area contributed by atoms with Gasteiger partial charge in [0.25, 0.3) is 0 Å². The van der Waals surface area contributed by atoms with E-state index in [1.807, 2.05) is 31.3 Å². The minimum absolute atomic E-state index is 0.0876. The molecule has 0 saturated carbocycles. The van der Waals surface area contributed by atoms with Crippen LogP contribution < -0.4 is 10.6 Å². The maximum atomic E-state index is 12.1. The highest BCUT2D eigenvalue weighted by atomic mass is 16.5. The molecule has 1 aliphatic heterocycles. The Labute approximate surface area is 114 Å². The lowest BCUT2D eigenvalue weighted by molar-refractivity contribution is -0.122. The highest BCUT2D eigenvalue weighted by Crippen LogP contribution is 2.19.